The minimum Gasteiger partial charge on any atom is -0.494 e. The van der Waals surface area contributed by atoms with Crippen molar-refractivity contribution in [3.8, 4) is 17.3 Å². The number of ether oxygens (including phenoxy) is 1. The topological polar surface area (TPSA) is 81.0 Å². The summed E-state index contributed by atoms with van der Waals surface area (Å²) < 4.78 is 75.2. The van der Waals surface area contributed by atoms with Gasteiger partial charge in [-0.15, -0.1) is 0 Å². The van der Waals surface area contributed by atoms with Gasteiger partial charge in [-0.25, -0.2) is 18.7 Å². The van der Waals surface area contributed by atoms with Crippen LogP contribution in [0.2, 0.25) is 0 Å². The number of rotatable bonds is 9. The normalized spacial score (nSPS) is 14.2. The molecule has 0 aliphatic carbocycles. The van der Waals surface area contributed by atoms with Crippen molar-refractivity contribution in [2.45, 2.75) is 25.6 Å². The van der Waals surface area contributed by atoms with Crippen LogP contribution in [-0.2, 0) is 6.54 Å². The molecular weight excluding hydrogens is 569 g/mol. The number of likely N-dealkylation sites (tertiary alicyclic amines) is 1. The molecule has 0 spiro atoms. The Kier molecular flexibility index (Phi) is 7.65. The number of nitrogens with zero attached hydrogens (tertiary/aromatic N) is 6. The number of pyridine rings is 1. The second-order valence-electron chi connectivity index (χ2n) is 10.2. The largest absolute Gasteiger partial charge is 0.494 e. The molecule has 0 amide bonds. The Morgan fingerprint density at radius 1 is 1.02 bits per heavy atom. The number of alkyl halides is 3. The smallest absolute Gasteiger partial charge is 0.401 e. The molecule has 2 aromatic carbocycles. The zero-order chi connectivity index (χ0) is 30.1. The summed E-state index contributed by atoms with van der Waals surface area (Å²) in [6.07, 6.45) is 0.529. The van der Waals surface area contributed by atoms with Crippen LogP contribution >= 0.6 is 0 Å². The standard InChI is InChI=1S/C30H26F5N7O/c1-2-43-20-11-24(31)23(25(32)12-20)16-42-26-6-4-3-5-21(26)27(40-42)29-37-13-22(18-14-41(15-18)17-30(33,34)35)28(39-29)38-19-7-9-36-10-8-19/h3-13,18H,2,14-17H2,1H3,(H,36,37,38,39). The van der Waals surface area contributed by atoms with Gasteiger partial charge in [-0.2, -0.15) is 18.3 Å². The van der Waals surface area contributed by atoms with Gasteiger partial charge in [0.1, 0.15) is 28.9 Å². The van der Waals surface area contributed by atoms with Crippen LogP contribution in [0.15, 0.2) is 67.1 Å². The van der Waals surface area contributed by atoms with Gasteiger partial charge in [0.15, 0.2) is 5.82 Å². The molecule has 0 atom stereocenters. The lowest BCUT2D eigenvalue weighted by Gasteiger charge is -2.40. The van der Waals surface area contributed by atoms with Gasteiger partial charge in [-0.3, -0.25) is 14.6 Å². The first-order valence-corrected chi connectivity index (χ1v) is 13.6. The van der Waals surface area contributed by atoms with Crippen molar-refractivity contribution >= 4 is 22.4 Å². The van der Waals surface area contributed by atoms with E-state index >= 15 is 0 Å². The maximum atomic E-state index is 14.9. The average Bonchev–Trinajstić information content (AvgIpc) is 3.31. The van der Waals surface area contributed by atoms with Gasteiger partial charge in [0.25, 0.3) is 0 Å². The fourth-order valence-corrected chi connectivity index (χ4v) is 5.17. The van der Waals surface area contributed by atoms with Crippen LogP contribution in [-0.4, -0.2) is 62.0 Å². The van der Waals surface area contributed by atoms with Crippen molar-refractivity contribution < 1.29 is 26.7 Å². The number of benzene rings is 2. The molecule has 6 rings (SSSR count). The third kappa shape index (κ3) is 6.12. The molecule has 13 heteroatoms. The van der Waals surface area contributed by atoms with Gasteiger partial charge in [0.05, 0.1) is 25.2 Å². The van der Waals surface area contributed by atoms with E-state index in [0.29, 0.717) is 33.7 Å². The van der Waals surface area contributed by atoms with Gasteiger partial charge >= 0.3 is 6.18 Å². The van der Waals surface area contributed by atoms with Crippen LogP contribution in [0.5, 0.6) is 5.75 Å². The molecule has 222 valence electrons. The summed E-state index contributed by atoms with van der Waals surface area (Å²) >= 11 is 0. The first-order valence-electron chi connectivity index (χ1n) is 13.6. The van der Waals surface area contributed by atoms with E-state index in [1.807, 2.05) is 12.1 Å². The third-order valence-electron chi connectivity index (χ3n) is 7.16. The molecule has 1 N–H and O–H groups in total. The second-order valence-corrected chi connectivity index (χ2v) is 10.2. The predicted molar refractivity (Wildman–Crippen MR) is 150 cm³/mol. The van der Waals surface area contributed by atoms with E-state index in [-0.39, 0.29) is 49.3 Å². The Bertz CT molecular complexity index is 1730. The van der Waals surface area contributed by atoms with Crippen LogP contribution in [0.1, 0.15) is 24.0 Å². The fourth-order valence-electron chi connectivity index (χ4n) is 5.17. The summed E-state index contributed by atoms with van der Waals surface area (Å²) in [6, 6.07) is 13.0. The molecule has 1 aliphatic heterocycles. The summed E-state index contributed by atoms with van der Waals surface area (Å²) in [7, 11) is 0. The fraction of sp³-hybridized carbons (Fsp3) is 0.267. The van der Waals surface area contributed by atoms with Crippen molar-refractivity contribution in [3.05, 3.63) is 89.9 Å². The van der Waals surface area contributed by atoms with Gasteiger partial charge in [-0.05, 0) is 25.1 Å². The first-order chi connectivity index (χ1) is 20.7. The van der Waals surface area contributed by atoms with Gasteiger partial charge in [-0.1, -0.05) is 18.2 Å². The van der Waals surface area contributed by atoms with Gasteiger partial charge in [0.2, 0.25) is 0 Å². The first kappa shape index (κ1) is 28.5. The van der Waals surface area contributed by atoms with E-state index in [4.69, 9.17) is 9.72 Å². The lowest BCUT2D eigenvalue weighted by Crippen LogP contribution is -2.49. The lowest BCUT2D eigenvalue weighted by molar-refractivity contribution is -0.154. The maximum absolute atomic E-state index is 14.9. The van der Waals surface area contributed by atoms with Gasteiger partial charge in [0, 0.05) is 71.9 Å². The number of nitrogens with one attached hydrogen (secondary N) is 1. The molecule has 5 aromatic rings. The van der Waals surface area contributed by atoms with E-state index in [2.05, 4.69) is 20.4 Å². The molecule has 0 radical (unpaired) electrons. The number of para-hydroxylation sites is 1. The molecule has 0 bridgehead atoms. The highest BCUT2D eigenvalue weighted by Gasteiger charge is 2.38. The van der Waals surface area contributed by atoms with E-state index in [1.165, 1.54) is 9.58 Å². The van der Waals surface area contributed by atoms with Crippen molar-refractivity contribution in [3.63, 3.8) is 0 Å². The average molecular weight is 596 g/mol. The quantitative estimate of drug-likeness (QED) is 0.200. The summed E-state index contributed by atoms with van der Waals surface area (Å²) in [6.45, 7) is 1.25. The van der Waals surface area contributed by atoms with Crippen LogP contribution in [0, 0.1) is 11.6 Å². The van der Waals surface area contributed by atoms with E-state index in [9.17, 15) is 22.0 Å². The Labute approximate surface area is 243 Å². The number of hydrogen-bond donors (Lipinski definition) is 1. The molecule has 1 fully saturated rings. The SMILES string of the molecule is CCOc1cc(F)c(Cn2nc(-c3ncc(C4CN(CC(F)(F)F)C4)c(Nc4ccncc4)n3)c3ccccc32)c(F)c1. The molecule has 0 saturated carbocycles. The minimum atomic E-state index is -4.28. The lowest BCUT2D eigenvalue weighted by atomic mass is 9.92. The molecule has 0 unspecified atom stereocenters. The Balaban J connectivity index is 1.36. The Hall–Kier alpha value is -4.65. The summed E-state index contributed by atoms with van der Waals surface area (Å²) in [5, 5.41) is 8.57. The number of fused-ring (bicyclic) bond motifs is 1. The van der Waals surface area contributed by atoms with Crippen molar-refractivity contribution in [2.75, 3.05) is 31.6 Å². The Morgan fingerprint density at radius 2 is 1.74 bits per heavy atom. The predicted octanol–water partition coefficient (Wildman–Crippen LogP) is 6.32. The van der Waals surface area contributed by atoms with Crippen LogP contribution in [0.25, 0.3) is 22.4 Å². The zero-order valence-electron chi connectivity index (χ0n) is 22.9. The summed E-state index contributed by atoms with van der Waals surface area (Å²) in [4.78, 5) is 14.6. The van der Waals surface area contributed by atoms with Crippen molar-refractivity contribution in [1.82, 2.24) is 29.6 Å². The maximum Gasteiger partial charge on any atom is 0.401 e. The molecule has 4 heterocycles. The highest BCUT2D eigenvalue weighted by atomic mass is 19.4. The van der Waals surface area contributed by atoms with E-state index < -0.39 is 24.4 Å². The van der Waals surface area contributed by atoms with E-state index in [1.54, 1.807) is 49.8 Å². The summed E-state index contributed by atoms with van der Waals surface area (Å²) in [5.74, 6) is -0.948. The number of anilines is 2. The van der Waals surface area contributed by atoms with Crippen LogP contribution < -0.4 is 10.1 Å². The Morgan fingerprint density at radius 3 is 2.44 bits per heavy atom. The van der Waals surface area contributed by atoms with Crippen molar-refractivity contribution in [1.29, 1.82) is 0 Å². The minimum absolute atomic E-state index is 0.1000. The van der Waals surface area contributed by atoms with Gasteiger partial charge < -0.3 is 10.1 Å². The molecule has 1 aliphatic rings. The molecular formula is C30H26F5N7O. The zero-order valence-corrected chi connectivity index (χ0v) is 22.9. The highest BCUT2D eigenvalue weighted by molar-refractivity contribution is 5.92. The number of halogens is 5. The second kappa shape index (κ2) is 11.6. The molecule has 3 aromatic heterocycles. The highest BCUT2D eigenvalue weighted by Crippen LogP contribution is 2.36. The molecule has 8 nitrogen and oxygen atoms in total. The number of aromatic nitrogens is 5. The third-order valence-corrected chi connectivity index (χ3v) is 7.16. The molecule has 43 heavy (non-hydrogen) atoms. The van der Waals surface area contributed by atoms with Crippen LogP contribution in [0.4, 0.5) is 33.5 Å². The summed E-state index contributed by atoms with van der Waals surface area (Å²) in [5.41, 5.74) is 2.18. The van der Waals surface area contributed by atoms with Crippen LogP contribution in [0.3, 0.4) is 0 Å². The molecule has 1 saturated heterocycles. The number of hydrogen-bond acceptors (Lipinski definition) is 7. The van der Waals surface area contributed by atoms with Crippen molar-refractivity contribution in [2.24, 2.45) is 0 Å². The van der Waals surface area contributed by atoms with E-state index in [0.717, 1.165) is 12.1 Å². The monoisotopic (exact) mass is 595 g/mol.